The molecule has 3 N–H and O–H groups in total. The minimum absolute atomic E-state index is 0.163. The summed E-state index contributed by atoms with van der Waals surface area (Å²) in [5, 5.41) is 1.90. The van der Waals surface area contributed by atoms with Crippen LogP contribution >= 0.6 is 0 Å². The molecule has 0 radical (unpaired) electrons. The van der Waals surface area contributed by atoms with Crippen molar-refractivity contribution in [1.82, 2.24) is 4.98 Å². The van der Waals surface area contributed by atoms with Gasteiger partial charge in [-0.15, -0.1) is 0 Å². The van der Waals surface area contributed by atoms with Crippen molar-refractivity contribution < 1.29 is 4.42 Å². The highest BCUT2D eigenvalue weighted by molar-refractivity contribution is 6.06. The van der Waals surface area contributed by atoms with E-state index < -0.39 is 0 Å². The number of para-hydroxylation sites is 1. The Labute approximate surface area is 103 Å². The molecule has 0 saturated heterocycles. The molecule has 0 fully saturated rings. The Morgan fingerprint density at radius 2 is 2.00 bits per heavy atom. The number of pyridine rings is 1. The Kier molecular flexibility index (Phi) is 2.20. The first kappa shape index (κ1) is 10.9. The van der Waals surface area contributed by atoms with Gasteiger partial charge >= 0.3 is 0 Å². The number of rotatable bonds is 1. The van der Waals surface area contributed by atoms with Crippen LogP contribution < -0.4 is 11.3 Å². The van der Waals surface area contributed by atoms with Gasteiger partial charge in [0.25, 0.3) is 5.56 Å². The number of hydrogen-bond acceptors (Lipinski definition) is 3. The zero-order valence-electron chi connectivity index (χ0n) is 10.3. The molecule has 4 nitrogen and oxygen atoms in total. The van der Waals surface area contributed by atoms with Crippen molar-refractivity contribution in [2.24, 2.45) is 0 Å². The van der Waals surface area contributed by atoms with E-state index >= 15 is 0 Å². The average Bonchev–Trinajstić information content (AvgIpc) is 2.68. The second kappa shape index (κ2) is 3.63. The number of anilines is 1. The number of aromatic amines is 1. The van der Waals surface area contributed by atoms with E-state index in [4.69, 9.17) is 10.2 Å². The maximum absolute atomic E-state index is 11.8. The third-order valence-corrected chi connectivity index (χ3v) is 3.20. The molecule has 0 aliphatic heterocycles. The molecule has 18 heavy (non-hydrogen) atoms. The highest BCUT2D eigenvalue weighted by Gasteiger charge is 2.18. The Morgan fingerprint density at radius 3 is 2.72 bits per heavy atom. The van der Waals surface area contributed by atoms with Crippen LogP contribution in [-0.2, 0) is 0 Å². The summed E-state index contributed by atoms with van der Waals surface area (Å²) >= 11 is 0. The SMILES string of the molecule is CC(C)c1c(N)c(=O)[nH]c2oc3ccccc3c12. The molecule has 0 bridgehead atoms. The second-order valence-corrected chi connectivity index (χ2v) is 4.74. The summed E-state index contributed by atoms with van der Waals surface area (Å²) in [4.78, 5) is 14.5. The van der Waals surface area contributed by atoms with Crippen molar-refractivity contribution in [3.8, 4) is 0 Å². The van der Waals surface area contributed by atoms with Crippen molar-refractivity contribution in [2.45, 2.75) is 19.8 Å². The Morgan fingerprint density at radius 1 is 1.28 bits per heavy atom. The molecular formula is C14H14N2O2. The van der Waals surface area contributed by atoms with Crippen LogP contribution in [0.4, 0.5) is 5.69 Å². The van der Waals surface area contributed by atoms with Crippen LogP contribution in [0.5, 0.6) is 0 Å². The predicted molar refractivity (Wildman–Crippen MR) is 72.8 cm³/mol. The third kappa shape index (κ3) is 1.35. The molecule has 0 aliphatic rings. The van der Waals surface area contributed by atoms with Crippen LogP contribution in [0.3, 0.4) is 0 Å². The lowest BCUT2D eigenvalue weighted by atomic mass is 9.97. The Hall–Kier alpha value is -2.23. The van der Waals surface area contributed by atoms with Gasteiger partial charge in [-0.3, -0.25) is 9.78 Å². The van der Waals surface area contributed by atoms with Crippen LogP contribution in [0.2, 0.25) is 0 Å². The summed E-state index contributed by atoms with van der Waals surface area (Å²) in [5.74, 6) is 0.163. The minimum Gasteiger partial charge on any atom is -0.440 e. The van der Waals surface area contributed by atoms with E-state index in [9.17, 15) is 4.79 Å². The summed E-state index contributed by atoms with van der Waals surface area (Å²) in [6.45, 7) is 4.04. The van der Waals surface area contributed by atoms with Gasteiger partial charge in [0.15, 0.2) is 0 Å². The lowest BCUT2D eigenvalue weighted by molar-refractivity contribution is 0.651. The van der Waals surface area contributed by atoms with Gasteiger partial charge in [-0.25, -0.2) is 0 Å². The highest BCUT2D eigenvalue weighted by atomic mass is 16.3. The van der Waals surface area contributed by atoms with Crippen LogP contribution in [0, 0.1) is 0 Å². The van der Waals surface area contributed by atoms with Gasteiger partial charge in [0.2, 0.25) is 5.71 Å². The molecule has 3 rings (SSSR count). The predicted octanol–water partition coefficient (Wildman–Crippen LogP) is 2.98. The molecule has 0 aliphatic carbocycles. The van der Waals surface area contributed by atoms with Crippen LogP contribution in [0.1, 0.15) is 25.3 Å². The fraction of sp³-hybridized carbons (Fsp3) is 0.214. The Balaban J connectivity index is 2.62. The minimum atomic E-state index is -0.287. The zero-order chi connectivity index (χ0) is 12.9. The standard InChI is InChI=1S/C14H14N2O2/c1-7(2)10-11-8-5-3-4-6-9(8)18-14(11)16-13(17)12(10)15/h3-7H,15H2,1-2H3,(H,16,17). The second-order valence-electron chi connectivity index (χ2n) is 4.74. The summed E-state index contributed by atoms with van der Waals surface area (Å²) in [6.07, 6.45) is 0. The van der Waals surface area contributed by atoms with Crippen LogP contribution in [0.25, 0.3) is 22.1 Å². The molecule has 2 heterocycles. The molecule has 0 atom stereocenters. The number of fused-ring (bicyclic) bond motifs is 3. The highest BCUT2D eigenvalue weighted by Crippen LogP contribution is 2.34. The third-order valence-electron chi connectivity index (χ3n) is 3.20. The number of hydrogen-bond donors (Lipinski definition) is 2. The first-order valence-corrected chi connectivity index (χ1v) is 5.92. The van der Waals surface area contributed by atoms with E-state index in [1.165, 1.54) is 0 Å². The van der Waals surface area contributed by atoms with Crippen molar-refractivity contribution in [3.05, 3.63) is 40.2 Å². The summed E-state index contributed by atoms with van der Waals surface area (Å²) in [5.41, 5.74) is 8.03. The topological polar surface area (TPSA) is 72.0 Å². The van der Waals surface area contributed by atoms with Gasteiger partial charge in [0.05, 0.1) is 5.39 Å². The van der Waals surface area contributed by atoms with Crippen LogP contribution in [0.15, 0.2) is 33.5 Å². The first-order chi connectivity index (χ1) is 8.59. The molecular weight excluding hydrogens is 228 g/mol. The van der Waals surface area contributed by atoms with Gasteiger partial charge in [0, 0.05) is 5.39 Å². The maximum atomic E-state index is 11.8. The average molecular weight is 242 g/mol. The molecule has 0 saturated carbocycles. The lowest BCUT2D eigenvalue weighted by Gasteiger charge is -2.09. The number of H-pyrrole nitrogens is 1. The van der Waals surface area contributed by atoms with Gasteiger partial charge in [-0.2, -0.15) is 0 Å². The van der Waals surface area contributed by atoms with E-state index in [1.807, 2.05) is 38.1 Å². The fourth-order valence-electron chi connectivity index (χ4n) is 2.43. The number of aromatic nitrogens is 1. The van der Waals surface area contributed by atoms with Crippen molar-refractivity contribution >= 4 is 27.8 Å². The number of nitrogens with one attached hydrogen (secondary N) is 1. The zero-order valence-corrected chi connectivity index (χ0v) is 10.3. The first-order valence-electron chi connectivity index (χ1n) is 5.92. The van der Waals surface area contributed by atoms with E-state index in [2.05, 4.69) is 4.98 Å². The lowest BCUT2D eigenvalue weighted by Crippen LogP contribution is -2.15. The van der Waals surface area contributed by atoms with Crippen LogP contribution in [-0.4, -0.2) is 4.98 Å². The smallest absolute Gasteiger partial charge is 0.274 e. The van der Waals surface area contributed by atoms with Crippen molar-refractivity contribution in [2.75, 3.05) is 5.73 Å². The molecule has 0 spiro atoms. The van der Waals surface area contributed by atoms with E-state index in [-0.39, 0.29) is 17.2 Å². The summed E-state index contributed by atoms with van der Waals surface area (Å²) in [6, 6.07) is 7.71. The fourth-order valence-corrected chi connectivity index (χ4v) is 2.43. The van der Waals surface area contributed by atoms with Crippen molar-refractivity contribution in [3.63, 3.8) is 0 Å². The summed E-state index contributed by atoms with van der Waals surface area (Å²) < 4.78 is 5.67. The largest absolute Gasteiger partial charge is 0.440 e. The summed E-state index contributed by atoms with van der Waals surface area (Å²) in [7, 11) is 0. The molecule has 0 unspecified atom stereocenters. The van der Waals surface area contributed by atoms with Crippen molar-refractivity contribution in [1.29, 1.82) is 0 Å². The van der Waals surface area contributed by atoms with Gasteiger partial charge < -0.3 is 10.2 Å². The normalized spacial score (nSPS) is 11.7. The van der Waals surface area contributed by atoms with Gasteiger partial charge in [-0.1, -0.05) is 32.0 Å². The quantitative estimate of drug-likeness (QED) is 0.689. The van der Waals surface area contributed by atoms with E-state index in [0.717, 1.165) is 21.9 Å². The Bertz CT molecular complexity index is 797. The van der Waals surface area contributed by atoms with E-state index in [0.29, 0.717) is 5.71 Å². The molecule has 92 valence electrons. The van der Waals surface area contributed by atoms with E-state index in [1.54, 1.807) is 0 Å². The number of nitrogens with two attached hydrogens (primary N) is 1. The molecule has 2 aromatic heterocycles. The molecule has 1 aromatic carbocycles. The van der Waals surface area contributed by atoms with Gasteiger partial charge in [0.1, 0.15) is 11.3 Å². The maximum Gasteiger partial charge on any atom is 0.274 e. The number of furan rings is 1. The number of nitrogen functional groups attached to an aromatic ring is 1. The monoisotopic (exact) mass is 242 g/mol. The molecule has 3 aromatic rings. The number of benzene rings is 1. The van der Waals surface area contributed by atoms with Gasteiger partial charge in [-0.05, 0) is 17.5 Å². The molecule has 4 heteroatoms. The molecule has 0 amide bonds.